The largest absolute Gasteiger partial charge is 0.357 e. The van der Waals surface area contributed by atoms with Crippen LogP contribution in [0, 0.1) is 0 Å². The first-order chi connectivity index (χ1) is 13.9. The van der Waals surface area contributed by atoms with E-state index in [0.717, 1.165) is 30.0 Å². The molecular weight excluding hydrogens is 388 g/mol. The van der Waals surface area contributed by atoms with Gasteiger partial charge in [-0.15, -0.1) is 0 Å². The second-order valence-corrected chi connectivity index (χ2v) is 8.09. The van der Waals surface area contributed by atoms with Gasteiger partial charge < -0.3 is 10.2 Å². The number of amides is 1. The number of anilines is 1. The van der Waals surface area contributed by atoms with Crippen LogP contribution in [-0.2, 0) is 21.4 Å². The number of pyridine rings is 1. The number of sulfonamides is 1. The Bertz CT molecular complexity index is 919. The number of nitrogens with one attached hydrogen (secondary N) is 2. The average molecular weight is 417 g/mol. The van der Waals surface area contributed by atoms with Crippen LogP contribution in [0.5, 0.6) is 0 Å². The Hall–Kier alpha value is -2.71. The predicted molar refractivity (Wildman–Crippen MR) is 116 cm³/mol. The standard InChI is InChI=1S/C21H28N4O3S/c1-4-24-29(27,28)19-11-7-17(8-12-19)10-14-21(26)23-16-18-9-13-20(22-15-18)25(5-2)6-3/h7-15,24H,4-6,16H2,1-3H3,(H,23,26). The van der Waals surface area contributed by atoms with Gasteiger partial charge in [0.1, 0.15) is 5.82 Å². The molecule has 0 radical (unpaired) electrons. The number of carbonyl (C=O) groups is 1. The highest BCUT2D eigenvalue weighted by Crippen LogP contribution is 2.12. The molecule has 29 heavy (non-hydrogen) atoms. The SMILES string of the molecule is CCNS(=O)(=O)c1ccc(C=CC(=O)NCc2ccc(N(CC)CC)nc2)cc1. The maximum Gasteiger partial charge on any atom is 0.244 e. The predicted octanol–water partition coefficient (Wildman–Crippen LogP) is 2.56. The number of carbonyl (C=O) groups excluding carboxylic acids is 1. The van der Waals surface area contributed by atoms with Crippen LogP contribution < -0.4 is 14.9 Å². The first-order valence-electron chi connectivity index (χ1n) is 9.65. The molecule has 1 amide bonds. The minimum Gasteiger partial charge on any atom is -0.357 e. The van der Waals surface area contributed by atoms with Crippen molar-refractivity contribution >= 4 is 27.8 Å². The van der Waals surface area contributed by atoms with Crippen molar-refractivity contribution in [2.75, 3.05) is 24.5 Å². The number of aromatic nitrogens is 1. The van der Waals surface area contributed by atoms with E-state index in [0.29, 0.717) is 13.1 Å². The van der Waals surface area contributed by atoms with Crippen molar-refractivity contribution in [3.63, 3.8) is 0 Å². The quantitative estimate of drug-likeness (QED) is 0.581. The second kappa shape index (κ2) is 10.7. The van der Waals surface area contributed by atoms with Gasteiger partial charge in [0.2, 0.25) is 15.9 Å². The number of benzene rings is 1. The summed E-state index contributed by atoms with van der Waals surface area (Å²) in [5.74, 6) is 0.687. The lowest BCUT2D eigenvalue weighted by Gasteiger charge is -2.19. The molecule has 0 saturated heterocycles. The highest BCUT2D eigenvalue weighted by molar-refractivity contribution is 7.89. The van der Waals surface area contributed by atoms with Gasteiger partial charge in [-0.2, -0.15) is 0 Å². The molecule has 1 aromatic carbocycles. The Balaban J connectivity index is 1.90. The Morgan fingerprint density at radius 1 is 1.07 bits per heavy atom. The van der Waals surface area contributed by atoms with Crippen molar-refractivity contribution in [2.45, 2.75) is 32.2 Å². The van der Waals surface area contributed by atoms with Crippen LogP contribution in [0.3, 0.4) is 0 Å². The van der Waals surface area contributed by atoms with Crippen molar-refractivity contribution in [3.05, 3.63) is 59.8 Å². The second-order valence-electron chi connectivity index (χ2n) is 6.32. The summed E-state index contributed by atoms with van der Waals surface area (Å²) in [5, 5.41) is 2.81. The topological polar surface area (TPSA) is 91.4 Å². The van der Waals surface area contributed by atoms with E-state index < -0.39 is 10.0 Å². The third-order valence-corrected chi connectivity index (χ3v) is 5.88. The van der Waals surface area contributed by atoms with E-state index in [4.69, 9.17) is 0 Å². The molecule has 0 aliphatic rings. The van der Waals surface area contributed by atoms with Gasteiger partial charge in [-0.3, -0.25) is 4.79 Å². The van der Waals surface area contributed by atoms with Gasteiger partial charge in [0, 0.05) is 38.5 Å². The van der Waals surface area contributed by atoms with Gasteiger partial charge in [-0.05, 0) is 49.2 Å². The van der Waals surface area contributed by atoms with Crippen molar-refractivity contribution in [2.24, 2.45) is 0 Å². The van der Waals surface area contributed by atoms with Gasteiger partial charge in [0.05, 0.1) is 4.90 Å². The zero-order chi connectivity index (χ0) is 21.3. The summed E-state index contributed by atoms with van der Waals surface area (Å²) in [6, 6.07) is 10.2. The highest BCUT2D eigenvalue weighted by atomic mass is 32.2. The summed E-state index contributed by atoms with van der Waals surface area (Å²) >= 11 is 0. The smallest absolute Gasteiger partial charge is 0.244 e. The number of hydrogen-bond donors (Lipinski definition) is 2. The minimum absolute atomic E-state index is 0.196. The summed E-state index contributed by atoms with van der Waals surface area (Å²) in [6.45, 7) is 8.40. The van der Waals surface area contributed by atoms with E-state index >= 15 is 0 Å². The summed E-state index contributed by atoms with van der Waals surface area (Å²) in [4.78, 5) is 18.8. The summed E-state index contributed by atoms with van der Waals surface area (Å²) < 4.78 is 26.3. The van der Waals surface area contributed by atoms with Crippen LogP contribution in [0.2, 0.25) is 0 Å². The van der Waals surface area contributed by atoms with E-state index in [1.54, 1.807) is 31.3 Å². The minimum atomic E-state index is -3.47. The van der Waals surface area contributed by atoms with Crippen LogP contribution >= 0.6 is 0 Å². The van der Waals surface area contributed by atoms with Crippen molar-refractivity contribution < 1.29 is 13.2 Å². The Morgan fingerprint density at radius 2 is 1.76 bits per heavy atom. The molecule has 8 heteroatoms. The van der Waals surface area contributed by atoms with Crippen molar-refractivity contribution in [1.82, 2.24) is 15.0 Å². The van der Waals surface area contributed by atoms with Crippen molar-refractivity contribution in [3.8, 4) is 0 Å². The molecular formula is C21H28N4O3S. The molecule has 7 nitrogen and oxygen atoms in total. The normalized spacial score (nSPS) is 11.6. The molecule has 0 atom stereocenters. The lowest BCUT2D eigenvalue weighted by molar-refractivity contribution is -0.116. The van der Waals surface area contributed by atoms with E-state index in [-0.39, 0.29) is 10.8 Å². The fourth-order valence-corrected chi connectivity index (χ4v) is 3.75. The van der Waals surface area contributed by atoms with E-state index in [9.17, 15) is 13.2 Å². The number of rotatable bonds is 10. The fraction of sp³-hybridized carbons (Fsp3) is 0.333. The highest BCUT2D eigenvalue weighted by Gasteiger charge is 2.11. The number of hydrogen-bond acceptors (Lipinski definition) is 5. The molecule has 1 aromatic heterocycles. The first kappa shape index (κ1) is 22.6. The molecule has 0 fully saturated rings. The molecule has 0 spiro atoms. The van der Waals surface area contributed by atoms with Gasteiger partial charge >= 0.3 is 0 Å². The van der Waals surface area contributed by atoms with Gasteiger partial charge in [-0.25, -0.2) is 18.1 Å². The monoisotopic (exact) mass is 416 g/mol. The average Bonchev–Trinajstić information content (AvgIpc) is 2.73. The summed E-state index contributed by atoms with van der Waals surface area (Å²) in [5.41, 5.74) is 1.65. The van der Waals surface area contributed by atoms with Gasteiger partial charge in [0.25, 0.3) is 0 Å². The van der Waals surface area contributed by atoms with Crippen LogP contribution in [-0.4, -0.2) is 38.9 Å². The molecule has 156 valence electrons. The maximum atomic E-state index is 12.0. The molecule has 0 unspecified atom stereocenters. The zero-order valence-corrected chi connectivity index (χ0v) is 17.9. The lowest BCUT2D eigenvalue weighted by Crippen LogP contribution is -2.23. The Kier molecular flexibility index (Phi) is 8.35. The summed E-state index contributed by atoms with van der Waals surface area (Å²) in [6.07, 6.45) is 4.83. The molecule has 0 saturated carbocycles. The Labute approximate surface area is 172 Å². The maximum absolute atomic E-state index is 12.0. The van der Waals surface area contributed by atoms with Crippen LogP contribution in [0.25, 0.3) is 6.08 Å². The van der Waals surface area contributed by atoms with Crippen molar-refractivity contribution in [1.29, 1.82) is 0 Å². The van der Waals surface area contributed by atoms with Crippen LogP contribution in [0.1, 0.15) is 31.9 Å². The Morgan fingerprint density at radius 3 is 2.31 bits per heavy atom. The van der Waals surface area contributed by atoms with E-state index in [1.807, 2.05) is 12.1 Å². The molecule has 0 bridgehead atoms. The fourth-order valence-electron chi connectivity index (χ4n) is 2.71. The molecule has 0 aliphatic heterocycles. The van der Waals surface area contributed by atoms with Crippen LogP contribution in [0.15, 0.2) is 53.6 Å². The molecule has 1 heterocycles. The molecule has 2 N–H and O–H groups in total. The van der Waals surface area contributed by atoms with E-state index in [1.165, 1.54) is 18.2 Å². The molecule has 2 rings (SSSR count). The third kappa shape index (κ3) is 6.69. The van der Waals surface area contributed by atoms with Crippen LogP contribution in [0.4, 0.5) is 5.82 Å². The molecule has 0 aliphatic carbocycles. The van der Waals surface area contributed by atoms with Gasteiger partial charge in [-0.1, -0.05) is 25.1 Å². The number of nitrogens with zero attached hydrogens (tertiary/aromatic N) is 2. The molecule has 2 aromatic rings. The zero-order valence-electron chi connectivity index (χ0n) is 17.1. The third-order valence-electron chi connectivity index (χ3n) is 4.32. The van der Waals surface area contributed by atoms with Gasteiger partial charge in [0.15, 0.2) is 0 Å². The first-order valence-corrected chi connectivity index (χ1v) is 11.1. The van der Waals surface area contributed by atoms with E-state index in [2.05, 4.69) is 33.8 Å². The lowest BCUT2D eigenvalue weighted by atomic mass is 10.2. The summed E-state index contributed by atoms with van der Waals surface area (Å²) in [7, 11) is -3.47.